The van der Waals surface area contributed by atoms with Gasteiger partial charge in [-0.05, 0) is 74.0 Å². The first-order valence-corrected chi connectivity index (χ1v) is 11.8. The summed E-state index contributed by atoms with van der Waals surface area (Å²) in [5, 5.41) is 13.4. The standard InChI is InChI=1S/C26H33N3O2/c30-18-25(20-5-2-1-3-6-20)28-13-10-19(11-14-28)21-8-9-24-22(15-21)17-29(26(24)31)23-7-4-12-27-16-23/h1-3,5-6,8-9,15,19,23,25,27,30H,4,7,10-14,16-18H2. The third kappa shape index (κ3) is 4.14. The highest BCUT2D eigenvalue weighted by atomic mass is 16.3. The lowest BCUT2D eigenvalue weighted by molar-refractivity contribution is 0.0674. The zero-order valence-electron chi connectivity index (χ0n) is 18.2. The molecule has 2 atom stereocenters. The predicted octanol–water partition coefficient (Wildman–Crippen LogP) is 3.31. The number of nitrogens with zero attached hydrogens (tertiary/aromatic N) is 2. The van der Waals surface area contributed by atoms with Crippen LogP contribution >= 0.6 is 0 Å². The highest BCUT2D eigenvalue weighted by molar-refractivity contribution is 5.98. The third-order valence-corrected chi connectivity index (χ3v) is 7.47. The highest BCUT2D eigenvalue weighted by Crippen LogP contribution is 2.35. The van der Waals surface area contributed by atoms with Gasteiger partial charge >= 0.3 is 0 Å². The van der Waals surface area contributed by atoms with E-state index in [1.54, 1.807) is 0 Å². The van der Waals surface area contributed by atoms with Gasteiger partial charge in [0.2, 0.25) is 0 Å². The Morgan fingerprint density at radius 2 is 1.87 bits per heavy atom. The van der Waals surface area contributed by atoms with Gasteiger partial charge in [-0.15, -0.1) is 0 Å². The molecule has 0 aliphatic carbocycles. The number of amides is 1. The van der Waals surface area contributed by atoms with Gasteiger partial charge in [-0.1, -0.05) is 42.5 Å². The minimum atomic E-state index is 0.0810. The molecule has 0 saturated carbocycles. The monoisotopic (exact) mass is 419 g/mol. The average molecular weight is 420 g/mol. The van der Waals surface area contributed by atoms with Crippen LogP contribution < -0.4 is 5.32 Å². The van der Waals surface area contributed by atoms with Crippen molar-refractivity contribution in [1.29, 1.82) is 0 Å². The van der Waals surface area contributed by atoms with Crippen molar-refractivity contribution in [2.24, 2.45) is 0 Å². The molecule has 5 heteroatoms. The van der Waals surface area contributed by atoms with Gasteiger partial charge in [0.25, 0.3) is 5.91 Å². The predicted molar refractivity (Wildman–Crippen MR) is 122 cm³/mol. The highest BCUT2D eigenvalue weighted by Gasteiger charge is 2.34. The molecule has 3 aliphatic rings. The summed E-state index contributed by atoms with van der Waals surface area (Å²) in [5.74, 6) is 0.732. The number of benzene rings is 2. The Morgan fingerprint density at radius 1 is 1.06 bits per heavy atom. The van der Waals surface area contributed by atoms with Gasteiger partial charge in [-0.2, -0.15) is 0 Å². The van der Waals surface area contributed by atoms with Gasteiger partial charge in [-0.3, -0.25) is 9.69 Å². The van der Waals surface area contributed by atoms with Gasteiger partial charge in [0.1, 0.15) is 0 Å². The molecule has 164 valence electrons. The molecule has 5 rings (SSSR count). The van der Waals surface area contributed by atoms with E-state index in [9.17, 15) is 9.90 Å². The fourth-order valence-corrected chi connectivity index (χ4v) is 5.66. The molecule has 3 heterocycles. The fraction of sp³-hybridized carbons (Fsp3) is 0.500. The van der Waals surface area contributed by atoms with E-state index in [-0.39, 0.29) is 18.6 Å². The Bertz CT molecular complexity index is 902. The summed E-state index contributed by atoms with van der Waals surface area (Å²) in [5.41, 5.74) is 4.66. The van der Waals surface area contributed by atoms with E-state index in [4.69, 9.17) is 0 Å². The second kappa shape index (κ2) is 9.11. The lowest BCUT2D eigenvalue weighted by Crippen LogP contribution is -2.46. The molecule has 2 N–H and O–H groups in total. The summed E-state index contributed by atoms with van der Waals surface area (Å²) >= 11 is 0. The topological polar surface area (TPSA) is 55.8 Å². The van der Waals surface area contributed by atoms with Crippen molar-refractivity contribution in [3.63, 3.8) is 0 Å². The number of nitrogens with one attached hydrogen (secondary N) is 1. The van der Waals surface area contributed by atoms with Crippen molar-refractivity contribution >= 4 is 5.91 Å². The summed E-state index contributed by atoms with van der Waals surface area (Å²) in [6.07, 6.45) is 4.43. The number of carbonyl (C=O) groups is 1. The second-order valence-electron chi connectivity index (χ2n) is 9.27. The van der Waals surface area contributed by atoms with Gasteiger partial charge in [0.05, 0.1) is 12.6 Å². The first-order chi connectivity index (χ1) is 15.2. The van der Waals surface area contributed by atoms with Gasteiger partial charge < -0.3 is 15.3 Å². The van der Waals surface area contributed by atoms with Crippen LogP contribution in [-0.2, 0) is 6.54 Å². The van der Waals surface area contributed by atoms with E-state index in [0.717, 1.165) is 64.0 Å². The van der Waals surface area contributed by atoms with Crippen molar-refractivity contribution in [2.75, 3.05) is 32.8 Å². The van der Waals surface area contributed by atoms with E-state index >= 15 is 0 Å². The van der Waals surface area contributed by atoms with Gasteiger partial charge in [0, 0.05) is 24.7 Å². The quantitative estimate of drug-likeness (QED) is 0.781. The van der Waals surface area contributed by atoms with Crippen LogP contribution in [0, 0.1) is 0 Å². The molecule has 5 nitrogen and oxygen atoms in total. The minimum absolute atomic E-state index is 0.0810. The van der Waals surface area contributed by atoms with Gasteiger partial charge in [-0.25, -0.2) is 0 Å². The molecule has 0 aromatic heterocycles. The molecule has 2 aromatic rings. The number of rotatable bonds is 5. The number of likely N-dealkylation sites (tertiary alicyclic amines) is 1. The van der Waals surface area contributed by atoms with Crippen molar-refractivity contribution < 1.29 is 9.90 Å². The van der Waals surface area contributed by atoms with E-state index in [2.05, 4.69) is 45.4 Å². The molecule has 0 radical (unpaired) electrons. The van der Waals surface area contributed by atoms with Crippen LogP contribution in [0.25, 0.3) is 0 Å². The first kappa shape index (κ1) is 20.7. The van der Waals surface area contributed by atoms with Crippen LogP contribution in [0.4, 0.5) is 0 Å². The smallest absolute Gasteiger partial charge is 0.254 e. The average Bonchev–Trinajstić information content (AvgIpc) is 3.17. The maximum Gasteiger partial charge on any atom is 0.254 e. The second-order valence-corrected chi connectivity index (χ2v) is 9.27. The summed E-state index contributed by atoms with van der Waals surface area (Å²) in [4.78, 5) is 17.4. The Morgan fingerprint density at radius 3 is 2.58 bits per heavy atom. The molecule has 2 aromatic carbocycles. The summed E-state index contributed by atoms with van der Waals surface area (Å²) in [7, 11) is 0. The van der Waals surface area contributed by atoms with Crippen LogP contribution in [0.2, 0.25) is 0 Å². The molecule has 0 bridgehead atoms. The zero-order valence-corrected chi connectivity index (χ0v) is 18.2. The normalized spacial score (nSPS) is 23.7. The van der Waals surface area contributed by atoms with E-state index in [1.165, 1.54) is 16.7 Å². The Balaban J connectivity index is 1.25. The number of aliphatic hydroxyl groups is 1. The molecular weight excluding hydrogens is 386 g/mol. The Labute approximate surface area is 185 Å². The van der Waals surface area contributed by atoms with Crippen molar-refractivity contribution in [2.45, 2.75) is 50.2 Å². The van der Waals surface area contributed by atoms with E-state index < -0.39 is 0 Å². The Hall–Kier alpha value is -2.21. The van der Waals surface area contributed by atoms with E-state index in [0.29, 0.717) is 12.0 Å². The number of aliphatic hydroxyl groups excluding tert-OH is 1. The molecule has 2 unspecified atom stereocenters. The van der Waals surface area contributed by atoms with Crippen molar-refractivity contribution in [3.05, 3.63) is 70.8 Å². The minimum Gasteiger partial charge on any atom is -0.394 e. The SMILES string of the molecule is O=C1c2ccc(C3CCN(C(CO)c4ccccc4)CC3)cc2CN1C1CCCNC1. The lowest BCUT2D eigenvalue weighted by atomic mass is 9.87. The number of hydrogen-bond acceptors (Lipinski definition) is 4. The molecule has 3 aliphatic heterocycles. The number of hydrogen-bond donors (Lipinski definition) is 2. The number of piperidine rings is 2. The lowest BCUT2D eigenvalue weighted by Gasteiger charge is -2.37. The van der Waals surface area contributed by atoms with Crippen LogP contribution in [-0.4, -0.2) is 59.6 Å². The summed E-state index contributed by atoms with van der Waals surface area (Å²) in [6.45, 7) is 4.87. The summed E-state index contributed by atoms with van der Waals surface area (Å²) in [6, 6.07) is 17.3. The zero-order chi connectivity index (χ0) is 21.2. The van der Waals surface area contributed by atoms with Crippen LogP contribution in [0.15, 0.2) is 48.5 Å². The Kier molecular flexibility index (Phi) is 6.08. The molecule has 1 amide bonds. The van der Waals surface area contributed by atoms with Crippen LogP contribution in [0.1, 0.15) is 64.7 Å². The maximum absolute atomic E-state index is 12.9. The summed E-state index contributed by atoms with van der Waals surface area (Å²) < 4.78 is 0. The van der Waals surface area contributed by atoms with Crippen molar-refractivity contribution in [1.82, 2.24) is 15.1 Å². The largest absolute Gasteiger partial charge is 0.394 e. The molecule has 2 saturated heterocycles. The first-order valence-electron chi connectivity index (χ1n) is 11.8. The van der Waals surface area contributed by atoms with Crippen LogP contribution in [0.3, 0.4) is 0 Å². The molecule has 0 spiro atoms. The maximum atomic E-state index is 12.9. The number of carbonyl (C=O) groups excluding carboxylic acids is 1. The number of fused-ring (bicyclic) bond motifs is 1. The van der Waals surface area contributed by atoms with Crippen LogP contribution in [0.5, 0.6) is 0 Å². The van der Waals surface area contributed by atoms with Gasteiger partial charge in [0.15, 0.2) is 0 Å². The molecule has 31 heavy (non-hydrogen) atoms. The third-order valence-electron chi connectivity index (χ3n) is 7.47. The molecular formula is C26H33N3O2. The van der Waals surface area contributed by atoms with E-state index in [1.807, 2.05) is 18.2 Å². The fourth-order valence-electron chi connectivity index (χ4n) is 5.66. The molecule has 2 fully saturated rings. The van der Waals surface area contributed by atoms with Crippen molar-refractivity contribution in [3.8, 4) is 0 Å².